The molecule has 2 N–H and O–H groups in total. The zero-order valence-electron chi connectivity index (χ0n) is 11.3. The quantitative estimate of drug-likeness (QED) is 0.704. The van der Waals surface area contributed by atoms with E-state index in [2.05, 4.69) is 40.1 Å². The van der Waals surface area contributed by atoms with Gasteiger partial charge in [-0.05, 0) is 41.8 Å². The molecule has 20 heavy (non-hydrogen) atoms. The molecule has 0 aliphatic heterocycles. The van der Waals surface area contributed by atoms with Gasteiger partial charge < -0.3 is 10.4 Å². The van der Waals surface area contributed by atoms with Crippen molar-refractivity contribution in [2.45, 2.75) is 19.3 Å². The van der Waals surface area contributed by atoms with Crippen molar-refractivity contribution in [2.24, 2.45) is 0 Å². The van der Waals surface area contributed by atoms with E-state index in [9.17, 15) is 0 Å². The van der Waals surface area contributed by atoms with E-state index in [4.69, 9.17) is 5.41 Å². The Hall–Kier alpha value is -2.49. The molecular formula is C16H16N4. The molecule has 1 aromatic carbocycles. The van der Waals surface area contributed by atoms with Crippen LogP contribution in [0.4, 0.5) is 0 Å². The highest BCUT2D eigenvalue weighted by atomic mass is 14.8. The van der Waals surface area contributed by atoms with Crippen molar-refractivity contribution in [3.63, 3.8) is 0 Å². The summed E-state index contributed by atoms with van der Waals surface area (Å²) in [6.07, 6.45) is 9.45. The van der Waals surface area contributed by atoms with Crippen molar-refractivity contribution in [3.05, 3.63) is 48.7 Å². The minimum absolute atomic E-state index is 0.337. The summed E-state index contributed by atoms with van der Waals surface area (Å²) >= 11 is 0. The maximum Gasteiger partial charge on any atom is 0.115 e. The van der Waals surface area contributed by atoms with Crippen LogP contribution in [0.15, 0.2) is 43.1 Å². The standard InChI is InChI=1S/C16H16N4/c1-11(4-5-17)15-9-20-16-3-2-12(6-14(15)16)13-7-18-10-19-8-13/h2-3,5-11,17,20H,4H2,1H3. The first-order valence-electron chi connectivity index (χ1n) is 6.65. The van der Waals surface area contributed by atoms with Gasteiger partial charge in [0.2, 0.25) is 0 Å². The number of H-pyrrole nitrogens is 1. The number of hydrogen-bond acceptors (Lipinski definition) is 3. The minimum atomic E-state index is 0.337. The van der Waals surface area contributed by atoms with E-state index < -0.39 is 0 Å². The molecule has 0 fully saturated rings. The number of hydrogen-bond donors (Lipinski definition) is 2. The topological polar surface area (TPSA) is 65.4 Å². The SMILES string of the molecule is CC(CC=N)c1c[nH]c2ccc(-c3cncnc3)cc12. The summed E-state index contributed by atoms with van der Waals surface area (Å²) in [5.41, 5.74) is 4.50. The Morgan fingerprint density at radius 3 is 2.80 bits per heavy atom. The highest BCUT2D eigenvalue weighted by Crippen LogP contribution is 2.30. The van der Waals surface area contributed by atoms with E-state index in [0.29, 0.717) is 5.92 Å². The second kappa shape index (κ2) is 5.25. The molecule has 1 atom stereocenters. The van der Waals surface area contributed by atoms with E-state index in [1.54, 1.807) is 0 Å². The maximum atomic E-state index is 7.27. The summed E-state index contributed by atoms with van der Waals surface area (Å²) in [5, 5.41) is 8.48. The lowest BCUT2D eigenvalue weighted by molar-refractivity contribution is 0.819. The first kappa shape index (κ1) is 12.5. The molecule has 100 valence electrons. The molecule has 3 aromatic rings. The summed E-state index contributed by atoms with van der Waals surface area (Å²) < 4.78 is 0. The molecule has 1 unspecified atom stereocenters. The van der Waals surface area contributed by atoms with Crippen molar-refractivity contribution < 1.29 is 0 Å². The largest absolute Gasteiger partial charge is 0.361 e. The van der Waals surface area contributed by atoms with Crippen molar-refractivity contribution in [2.75, 3.05) is 0 Å². The van der Waals surface area contributed by atoms with Crippen LogP contribution in [-0.2, 0) is 0 Å². The van der Waals surface area contributed by atoms with Crippen molar-refractivity contribution in [1.82, 2.24) is 15.0 Å². The Morgan fingerprint density at radius 1 is 1.25 bits per heavy atom. The number of aromatic amines is 1. The lowest BCUT2D eigenvalue weighted by Crippen LogP contribution is -1.92. The van der Waals surface area contributed by atoms with Crippen molar-refractivity contribution in [3.8, 4) is 11.1 Å². The average Bonchev–Trinajstić information content (AvgIpc) is 2.91. The fourth-order valence-electron chi connectivity index (χ4n) is 2.48. The molecule has 0 amide bonds. The first-order valence-corrected chi connectivity index (χ1v) is 6.65. The van der Waals surface area contributed by atoms with Crippen LogP contribution in [0.2, 0.25) is 0 Å². The van der Waals surface area contributed by atoms with E-state index in [1.807, 2.05) is 18.6 Å². The second-order valence-electron chi connectivity index (χ2n) is 4.97. The Labute approximate surface area is 117 Å². The molecule has 0 saturated heterocycles. The number of benzene rings is 1. The molecule has 4 nitrogen and oxygen atoms in total. The van der Waals surface area contributed by atoms with Gasteiger partial charge in [0.15, 0.2) is 0 Å². The number of aromatic nitrogens is 3. The summed E-state index contributed by atoms with van der Waals surface area (Å²) in [4.78, 5) is 11.4. The van der Waals surface area contributed by atoms with Crippen LogP contribution in [0.3, 0.4) is 0 Å². The van der Waals surface area contributed by atoms with Crippen LogP contribution >= 0.6 is 0 Å². The molecule has 2 aromatic heterocycles. The first-order chi connectivity index (χ1) is 9.79. The Kier molecular flexibility index (Phi) is 3.29. The number of rotatable bonds is 4. The van der Waals surface area contributed by atoms with E-state index in [-0.39, 0.29) is 0 Å². The van der Waals surface area contributed by atoms with Gasteiger partial charge in [0, 0.05) is 35.1 Å². The van der Waals surface area contributed by atoms with Crippen LogP contribution in [0.5, 0.6) is 0 Å². The lowest BCUT2D eigenvalue weighted by atomic mass is 9.96. The van der Waals surface area contributed by atoms with Gasteiger partial charge in [-0.25, -0.2) is 9.97 Å². The number of nitrogens with zero attached hydrogens (tertiary/aromatic N) is 2. The van der Waals surface area contributed by atoms with Gasteiger partial charge in [0.1, 0.15) is 6.33 Å². The molecule has 0 bridgehead atoms. The van der Waals surface area contributed by atoms with E-state index >= 15 is 0 Å². The molecule has 0 saturated carbocycles. The van der Waals surface area contributed by atoms with Crippen LogP contribution in [0.25, 0.3) is 22.0 Å². The van der Waals surface area contributed by atoms with Gasteiger partial charge in [-0.3, -0.25) is 0 Å². The van der Waals surface area contributed by atoms with Crippen molar-refractivity contribution >= 4 is 17.1 Å². The second-order valence-corrected chi connectivity index (χ2v) is 4.97. The number of fused-ring (bicyclic) bond motifs is 1. The van der Waals surface area contributed by atoms with Gasteiger partial charge in [-0.15, -0.1) is 0 Å². The van der Waals surface area contributed by atoms with Gasteiger partial charge in [-0.2, -0.15) is 0 Å². The highest BCUT2D eigenvalue weighted by Gasteiger charge is 2.11. The van der Waals surface area contributed by atoms with Crippen molar-refractivity contribution in [1.29, 1.82) is 5.41 Å². The van der Waals surface area contributed by atoms with Gasteiger partial charge >= 0.3 is 0 Å². The lowest BCUT2D eigenvalue weighted by Gasteiger charge is -2.07. The zero-order chi connectivity index (χ0) is 13.9. The molecule has 2 heterocycles. The van der Waals surface area contributed by atoms with Crippen LogP contribution in [0.1, 0.15) is 24.8 Å². The van der Waals surface area contributed by atoms with Crippen LogP contribution in [0, 0.1) is 5.41 Å². The smallest absolute Gasteiger partial charge is 0.115 e. The maximum absolute atomic E-state index is 7.27. The molecule has 0 aliphatic carbocycles. The Bertz CT molecular complexity index is 731. The molecule has 4 heteroatoms. The van der Waals surface area contributed by atoms with Gasteiger partial charge in [0.25, 0.3) is 0 Å². The monoisotopic (exact) mass is 264 g/mol. The van der Waals surface area contributed by atoms with E-state index in [1.165, 1.54) is 23.5 Å². The number of nitrogens with one attached hydrogen (secondary N) is 2. The van der Waals surface area contributed by atoms with Crippen LogP contribution < -0.4 is 0 Å². The van der Waals surface area contributed by atoms with Gasteiger partial charge in [0.05, 0.1) is 0 Å². The predicted molar refractivity (Wildman–Crippen MR) is 81.1 cm³/mol. The predicted octanol–water partition coefficient (Wildman–Crippen LogP) is 3.77. The summed E-state index contributed by atoms with van der Waals surface area (Å²) in [5.74, 6) is 0.337. The third-order valence-corrected chi connectivity index (χ3v) is 3.61. The minimum Gasteiger partial charge on any atom is -0.361 e. The molecule has 0 radical (unpaired) electrons. The summed E-state index contributed by atoms with van der Waals surface area (Å²) in [7, 11) is 0. The highest BCUT2D eigenvalue weighted by molar-refractivity contribution is 5.88. The molecular weight excluding hydrogens is 248 g/mol. The fourth-order valence-corrected chi connectivity index (χ4v) is 2.48. The third-order valence-electron chi connectivity index (χ3n) is 3.61. The summed E-state index contributed by atoms with van der Waals surface area (Å²) in [6, 6.07) is 6.32. The Balaban J connectivity index is 2.10. The summed E-state index contributed by atoms with van der Waals surface area (Å²) in [6.45, 7) is 2.14. The van der Waals surface area contributed by atoms with Crippen LogP contribution in [-0.4, -0.2) is 21.2 Å². The fraction of sp³-hybridized carbons (Fsp3) is 0.188. The molecule has 3 rings (SSSR count). The molecule has 0 aliphatic rings. The third kappa shape index (κ3) is 2.20. The van der Waals surface area contributed by atoms with E-state index in [0.717, 1.165) is 23.1 Å². The average molecular weight is 264 g/mol. The Morgan fingerprint density at radius 2 is 2.05 bits per heavy atom. The zero-order valence-corrected chi connectivity index (χ0v) is 11.3. The molecule has 0 spiro atoms. The normalized spacial score (nSPS) is 12.4. The van der Waals surface area contributed by atoms with Gasteiger partial charge in [-0.1, -0.05) is 13.0 Å².